The molecule has 17 heavy (non-hydrogen) atoms. The van der Waals surface area contributed by atoms with Crippen molar-refractivity contribution in [3.05, 3.63) is 29.8 Å². The Balaban J connectivity index is 2.77. The fraction of sp³-hybridized carbons (Fsp3) is 0.364. The van der Waals surface area contributed by atoms with Crippen molar-refractivity contribution >= 4 is 16.1 Å². The van der Waals surface area contributed by atoms with Crippen LogP contribution in [0.25, 0.3) is 0 Å². The summed E-state index contributed by atoms with van der Waals surface area (Å²) in [5.74, 6) is -0.704. The first-order valence-electron chi connectivity index (χ1n) is 5.08. The molecule has 1 rings (SSSR count). The average Bonchev–Trinajstić information content (AvgIpc) is 2.27. The fourth-order valence-corrected chi connectivity index (χ4v) is 2.31. The molecule has 0 fully saturated rings. The quantitative estimate of drug-likeness (QED) is 0.587. The van der Waals surface area contributed by atoms with E-state index < -0.39 is 22.7 Å². The smallest absolute Gasteiger partial charge is 0.333 e. The molecule has 0 saturated heterocycles. The van der Waals surface area contributed by atoms with E-state index >= 15 is 0 Å². The zero-order valence-electron chi connectivity index (χ0n) is 9.67. The van der Waals surface area contributed by atoms with Crippen molar-refractivity contribution in [3.63, 3.8) is 0 Å². The van der Waals surface area contributed by atoms with E-state index in [-0.39, 0.29) is 11.5 Å². The van der Waals surface area contributed by atoms with Crippen LogP contribution in [0.15, 0.2) is 29.2 Å². The molecule has 1 aromatic carbocycles. The monoisotopic (exact) mass is 258 g/mol. The first-order chi connectivity index (χ1) is 7.97. The topological polar surface area (TPSA) is 69.7 Å². The van der Waals surface area contributed by atoms with Gasteiger partial charge in [0.15, 0.2) is 6.61 Å². The predicted molar refractivity (Wildman–Crippen MR) is 60.9 cm³/mol. The van der Waals surface area contributed by atoms with E-state index in [1.165, 1.54) is 6.07 Å². The third-order valence-electron chi connectivity index (χ3n) is 2.00. The van der Waals surface area contributed by atoms with Crippen molar-refractivity contribution in [2.24, 2.45) is 0 Å². The van der Waals surface area contributed by atoms with Crippen molar-refractivity contribution in [3.8, 4) is 0 Å². The van der Waals surface area contributed by atoms with E-state index in [0.717, 1.165) is 0 Å². The number of esters is 1. The molecular weight excluding hydrogens is 244 g/mol. The van der Waals surface area contributed by atoms with Gasteiger partial charge in [-0.2, -0.15) is 8.42 Å². The summed E-state index contributed by atoms with van der Waals surface area (Å²) in [5.41, 5.74) is 0.566. The molecule has 0 radical (unpaired) electrons. The highest BCUT2D eigenvalue weighted by atomic mass is 32.2. The standard InChI is InChI=1S/C11H14O5S/c1-3-15-11(12)8-16-17(13,14)10-7-5-4-6-9(10)2/h4-7H,3,8H2,1-2H3. The molecule has 0 spiro atoms. The first kappa shape index (κ1) is 13.7. The minimum atomic E-state index is -3.91. The van der Waals surface area contributed by atoms with Crippen LogP contribution in [0.1, 0.15) is 12.5 Å². The largest absolute Gasteiger partial charge is 0.464 e. The maximum Gasteiger partial charge on any atom is 0.333 e. The number of benzene rings is 1. The molecule has 1 aromatic rings. The normalized spacial score (nSPS) is 11.2. The van der Waals surface area contributed by atoms with Gasteiger partial charge in [-0.25, -0.2) is 4.79 Å². The van der Waals surface area contributed by atoms with E-state index in [2.05, 4.69) is 8.92 Å². The highest BCUT2D eigenvalue weighted by Gasteiger charge is 2.19. The molecular formula is C11H14O5S. The summed E-state index contributed by atoms with van der Waals surface area (Å²) in [6.45, 7) is 2.87. The van der Waals surface area contributed by atoms with Gasteiger partial charge in [0.1, 0.15) is 0 Å². The maximum absolute atomic E-state index is 11.7. The lowest BCUT2D eigenvalue weighted by Gasteiger charge is -2.07. The molecule has 0 N–H and O–H groups in total. The zero-order chi connectivity index (χ0) is 12.9. The molecule has 0 heterocycles. The molecule has 94 valence electrons. The second-order valence-corrected chi connectivity index (χ2v) is 4.87. The molecule has 0 saturated carbocycles. The SMILES string of the molecule is CCOC(=O)COS(=O)(=O)c1ccccc1C. The van der Waals surface area contributed by atoms with Gasteiger partial charge in [0.2, 0.25) is 0 Å². The second kappa shape index (κ2) is 5.79. The predicted octanol–water partition coefficient (Wildman–Crippen LogP) is 1.26. The molecule has 0 aliphatic heterocycles. The molecule has 5 nitrogen and oxygen atoms in total. The lowest BCUT2D eigenvalue weighted by Crippen LogP contribution is -2.17. The van der Waals surface area contributed by atoms with Crippen LogP contribution in [0.2, 0.25) is 0 Å². The summed E-state index contributed by atoms with van der Waals surface area (Å²) in [6, 6.07) is 6.39. The zero-order valence-corrected chi connectivity index (χ0v) is 10.5. The molecule has 0 amide bonds. The summed E-state index contributed by atoms with van der Waals surface area (Å²) in [7, 11) is -3.91. The first-order valence-corrected chi connectivity index (χ1v) is 6.49. The lowest BCUT2D eigenvalue weighted by molar-refractivity contribution is -0.145. The van der Waals surface area contributed by atoms with Crippen LogP contribution in [0.4, 0.5) is 0 Å². The number of carbonyl (C=O) groups is 1. The molecule has 0 unspecified atom stereocenters. The molecule has 0 aliphatic carbocycles. The van der Waals surface area contributed by atoms with E-state index in [0.29, 0.717) is 5.56 Å². The Morgan fingerprint density at radius 3 is 2.53 bits per heavy atom. The Kier molecular flexibility index (Phi) is 4.65. The van der Waals surface area contributed by atoms with Crippen LogP contribution in [0.3, 0.4) is 0 Å². The van der Waals surface area contributed by atoms with E-state index in [4.69, 9.17) is 0 Å². The Hall–Kier alpha value is -1.40. The number of aryl methyl sites for hydroxylation is 1. The van der Waals surface area contributed by atoms with Gasteiger partial charge in [-0.1, -0.05) is 18.2 Å². The fourth-order valence-electron chi connectivity index (χ4n) is 1.23. The van der Waals surface area contributed by atoms with Crippen LogP contribution < -0.4 is 0 Å². The van der Waals surface area contributed by atoms with Crippen molar-refractivity contribution in [1.29, 1.82) is 0 Å². The summed E-state index contributed by atoms with van der Waals surface area (Å²) < 4.78 is 32.6. The number of hydrogen-bond acceptors (Lipinski definition) is 5. The number of ether oxygens (including phenoxy) is 1. The van der Waals surface area contributed by atoms with Crippen LogP contribution in [0.5, 0.6) is 0 Å². The van der Waals surface area contributed by atoms with Gasteiger partial charge < -0.3 is 4.74 Å². The summed E-state index contributed by atoms with van der Waals surface area (Å²) in [5, 5.41) is 0. The summed E-state index contributed by atoms with van der Waals surface area (Å²) >= 11 is 0. The van der Waals surface area contributed by atoms with E-state index in [9.17, 15) is 13.2 Å². The summed E-state index contributed by atoms with van der Waals surface area (Å²) in [6.07, 6.45) is 0. The van der Waals surface area contributed by atoms with E-state index in [1.54, 1.807) is 32.0 Å². The molecule has 0 aromatic heterocycles. The van der Waals surface area contributed by atoms with Crippen LogP contribution in [-0.4, -0.2) is 27.6 Å². The van der Waals surface area contributed by atoms with Crippen LogP contribution in [-0.2, 0) is 23.8 Å². The molecule has 0 aliphatic rings. The Labute approximate surface area is 100 Å². The van der Waals surface area contributed by atoms with Crippen molar-refractivity contribution in [1.82, 2.24) is 0 Å². The highest BCUT2D eigenvalue weighted by molar-refractivity contribution is 7.86. The minimum Gasteiger partial charge on any atom is -0.464 e. The Morgan fingerprint density at radius 2 is 1.94 bits per heavy atom. The molecule has 0 bridgehead atoms. The van der Waals surface area contributed by atoms with Gasteiger partial charge in [-0.05, 0) is 25.5 Å². The number of hydrogen-bond donors (Lipinski definition) is 0. The van der Waals surface area contributed by atoms with Gasteiger partial charge in [-0.15, -0.1) is 0 Å². The van der Waals surface area contributed by atoms with Gasteiger partial charge in [0.25, 0.3) is 10.1 Å². The molecule has 6 heteroatoms. The lowest BCUT2D eigenvalue weighted by atomic mass is 10.2. The number of carbonyl (C=O) groups excluding carboxylic acids is 1. The maximum atomic E-state index is 11.7. The van der Waals surface area contributed by atoms with Crippen LogP contribution in [0, 0.1) is 6.92 Å². The van der Waals surface area contributed by atoms with Crippen molar-refractivity contribution < 1.29 is 22.1 Å². The number of rotatable bonds is 5. The van der Waals surface area contributed by atoms with Gasteiger partial charge in [-0.3, -0.25) is 4.18 Å². The van der Waals surface area contributed by atoms with Crippen molar-refractivity contribution in [2.75, 3.05) is 13.2 Å². The van der Waals surface area contributed by atoms with E-state index in [1.807, 2.05) is 0 Å². The Bertz CT molecular complexity index is 492. The van der Waals surface area contributed by atoms with Gasteiger partial charge >= 0.3 is 5.97 Å². The van der Waals surface area contributed by atoms with Gasteiger partial charge in [0, 0.05) is 0 Å². The third kappa shape index (κ3) is 3.83. The second-order valence-electron chi connectivity index (χ2n) is 3.29. The summed E-state index contributed by atoms with van der Waals surface area (Å²) in [4.78, 5) is 11.1. The van der Waals surface area contributed by atoms with Crippen molar-refractivity contribution in [2.45, 2.75) is 18.7 Å². The average molecular weight is 258 g/mol. The minimum absolute atomic E-state index is 0.0595. The Morgan fingerprint density at radius 1 is 1.29 bits per heavy atom. The van der Waals surface area contributed by atoms with Gasteiger partial charge in [0.05, 0.1) is 11.5 Å². The highest BCUT2D eigenvalue weighted by Crippen LogP contribution is 2.16. The third-order valence-corrected chi connectivity index (χ3v) is 3.43. The van der Waals surface area contributed by atoms with Crippen LogP contribution >= 0.6 is 0 Å². The molecule has 0 atom stereocenters.